The van der Waals surface area contributed by atoms with Crippen molar-refractivity contribution in [3.05, 3.63) is 41.5 Å². The molecule has 1 aromatic heterocycles. The Hall–Kier alpha value is -1.84. The number of nitrogens with zero attached hydrogens (tertiary/aromatic N) is 2. The van der Waals surface area contributed by atoms with E-state index in [9.17, 15) is 0 Å². The van der Waals surface area contributed by atoms with Crippen LogP contribution in [0.1, 0.15) is 54.9 Å². The highest BCUT2D eigenvalue weighted by molar-refractivity contribution is 5.57. The fourth-order valence-corrected chi connectivity index (χ4v) is 3.27. The number of nitrogens with one attached hydrogen (secondary N) is 2. The monoisotopic (exact) mass is 254 g/mol. The van der Waals surface area contributed by atoms with E-state index >= 15 is 0 Å². The number of anilines is 1. The molecule has 0 bridgehead atoms. The topological polar surface area (TPSA) is 53.6 Å². The van der Waals surface area contributed by atoms with Crippen LogP contribution in [0.2, 0.25) is 0 Å². The van der Waals surface area contributed by atoms with E-state index in [2.05, 4.69) is 39.8 Å². The summed E-state index contributed by atoms with van der Waals surface area (Å²) in [5.41, 5.74) is 2.60. The maximum atomic E-state index is 4.73. The standard InChI is InChI=1S/C15H18N4/c1-2-6-10(5-1)14-17-15(19-18-14)13-9-11-7-3-4-8-12(11)16-13/h3-4,7-8,10,13,16H,1-2,5-6,9H2,(H,17,18,19). The lowest BCUT2D eigenvalue weighted by Gasteiger charge is -2.07. The number of aromatic nitrogens is 3. The molecule has 4 rings (SSSR count). The van der Waals surface area contributed by atoms with Gasteiger partial charge in [0.25, 0.3) is 0 Å². The first-order valence-electron chi connectivity index (χ1n) is 7.17. The van der Waals surface area contributed by atoms with Crippen LogP contribution < -0.4 is 5.32 Å². The number of benzene rings is 1. The zero-order valence-electron chi connectivity index (χ0n) is 10.9. The number of aromatic amines is 1. The summed E-state index contributed by atoms with van der Waals surface area (Å²) in [5, 5.41) is 11.1. The Morgan fingerprint density at radius 2 is 1.95 bits per heavy atom. The summed E-state index contributed by atoms with van der Waals surface area (Å²) < 4.78 is 0. The molecule has 1 aromatic carbocycles. The fourth-order valence-electron chi connectivity index (χ4n) is 3.27. The summed E-state index contributed by atoms with van der Waals surface area (Å²) in [6.45, 7) is 0. The minimum Gasteiger partial charge on any atom is -0.375 e. The molecule has 1 aliphatic heterocycles. The first-order chi connectivity index (χ1) is 9.40. The van der Waals surface area contributed by atoms with Crippen LogP contribution in [0.25, 0.3) is 0 Å². The average molecular weight is 254 g/mol. The largest absolute Gasteiger partial charge is 0.375 e. The van der Waals surface area contributed by atoms with Gasteiger partial charge in [0.1, 0.15) is 5.82 Å². The molecule has 2 N–H and O–H groups in total. The molecule has 0 radical (unpaired) electrons. The Kier molecular flexibility index (Phi) is 2.53. The second kappa shape index (κ2) is 4.37. The fraction of sp³-hybridized carbons (Fsp3) is 0.467. The smallest absolute Gasteiger partial charge is 0.153 e. The predicted octanol–water partition coefficient (Wildman–Crippen LogP) is 3.17. The van der Waals surface area contributed by atoms with Gasteiger partial charge in [-0.3, -0.25) is 5.10 Å². The number of para-hydroxylation sites is 1. The summed E-state index contributed by atoms with van der Waals surface area (Å²) >= 11 is 0. The molecule has 1 aliphatic carbocycles. The molecule has 2 aliphatic rings. The lowest BCUT2D eigenvalue weighted by Crippen LogP contribution is -2.08. The zero-order chi connectivity index (χ0) is 12.7. The van der Waals surface area contributed by atoms with E-state index in [-0.39, 0.29) is 6.04 Å². The van der Waals surface area contributed by atoms with Crippen molar-refractivity contribution in [2.45, 2.75) is 44.1 Å². The lowest BCUT2D eigenvalue weighted by molar-refractivity contribution is 0.670. The summed E-state index contributed by atoms with van der Waals surface area (Å²) in [4.78, 5) is 4.73. The first-order valence-corrected chi connectivity index (χ1v) is 7.17. The van der Waals surface area contributed by atoms with E-state index in [0.29, 0.717) is 5.92 Å². The Bertz CT molecular complexity index is 558. The second-order valence-corrected chi connectivity index (χ2v) is 5.62. The maximum Gasteiger partial charge on any atom is 0.153 e. The molecule has 1 atom stereocenters. The Labute approximate surface area is 112 Å². The van der Waals surface area contributed by atoms with Gasteiger partial charge >= 0.3 is 0 Å². The molecule has 19 heavy (non-hydrogen) atoms. The quantitative estimate of drug-likeness (QED) is 0.865. The van der Waals surface area contributed by atoms with Crippen molar-refractivity contribution in [1.82, 2.24) is 15.2 Å². The molecule has 1 saturated carbocycles. The molecule has 0 amide bonds. The van der Waals surface area contributed by atoms with Crippen molar-refractivity contribution >= 4 is 5.69 Å². The molecule has 2 aromatic rings. The van der Waals surface area contributed by atoms with Crippen LogP contribution in [0.4, 0.5) is 5.69 Å². The molecule has 98 valence electrons. The molecule has 1 unspecified atom stereocenters. The van der Waals surface area contributed by atoms with E-state index in [4.69, 9.17) is 4.98 Å². The van der Waals surface area contributed by atoms with E-state index in [1.165, 1.54) is 36.9 Å². The van der Waals surface area contributed by atoms with Crippen molar-refractivity contribution in [2.75, 3.05) is 5.32 Å². The van der Waals surface area contributed by atoms with Gasteiger partial charge < -0.3 is 5.32 Å². The van der Waals surface area contributed by atoms with Crippen molar-refractivity contribution in [3.8, 4) is 0 Å². The number of rotatable bonds is 2. The summed E-state index contributed by atoms with van der Waals surface area (Å²) in [6, 6.07) is 8.71. The highest BCUT2D eigenvalue weighted by Crippen LogP contribution is 2.35. The van der Waals surface area contributed by atoms with Gasteiger partial charge in [-0.05, 0) is 24.5 Å². The summed E-state index contributed by atoms with van der Waals surface area (Å²) in [7, 11) is 0. The zero-order valence-corrected chi connectivity index (χ0v) is 10.9. The predicted molar refractivity (Wildman–Crippen MR) is 74.1 cm³/mol. The average Bonchev–Trinajstić information content (AvgIpc) is 3.17. The molecule has 2 heterocycles. The SMILES string of the molecule is c1ccc2c(c1)CC(c1nc(C3CCCC3)n[nH]1)N2. The third-order valence-electron chi connectivity index (χ3n) is 4.34. The van der Waals surface area contributed by atoms with Crippen molar-refractivity contribution in [3.63, 3.8) is 0 Å². The molecular formula is C15H18N4. The van der Waals surface area contributed by atoms with E-state index in [0.717, 1.165) is 18.1 Å². The summed E-state index contributed by atoms with van der Waals surface area (Å²) in [5.74, 6) is 2.58. The number of hydrogen-bond donors (Lipinski definition) is 2. The number of hydrogen-bond acceptors (Lipinski definition) is 3. The summed E-state index contributed by atoms with van der Waals surface area (Å²) in [6.07, 6.45) is 6.13. The first kappa shape index (κ1) is 11.0. The van der Waals surface area contributed by atoms with Crippen LogP contribution in [-0.2, 0) is 6.42 Å². The van der Waals surface area contributed by atoms with Crippen LogP contribution in [0.15, 0.2) is 24.3 Å². The number of H-pyrrole nitrogens is 1. The lowest BCUT2D eigenvalue weighted by atomic mass is 10.1. The van der Waals surface area contributed by atoms with E-state index in [1.807, 2.05) is 0 Å². The van der Waals surface area contributed by atoms with Crippen molar-refractivity contribution in [1.29, 1.82) is 0 Å². The molecule has 4 nitrogen and oxygen atoms in total. The van der Waals surface area contributed by atoms with Gasteiger partial charge in [0.05, 0.1) is 6.04 Å². The van der Waals surface area contributed by atoms with Crippen LogP contribution in [0.5, 0.6) is 0 Å². The highest BCUT2D eigenvalue weighted by Gasteiger charge is 2.27. The van der Waals surface area contributed by atoms with Crippen molar-refractivity contribution in [2.24, 2.45) is 0 Å². The maximum absolute atomic E-state index is 4.73. The Balaban J connectivity index is 1.55. The molecule has 0 spiro atoms. The van der Waals surface area contributed by atoms with Gasteiger partial charge in [-0.15, -0.1) is 0 Å². The van der Waals surface area contributed by atoms with Crippen LogP contribution >= 0.6 is 0 Å². The third kappa shape index (κ3) is 1.91. The van der Waals surface area contributed by atoms with Crippen LogP contribution in [-0.4, -0.2) is 15.2 Å². The highest BCUT2D eigenvalue weighted by atomic mass is 15.2. The van der Waals surface area contributed by atoms with Crippen LogP contribution in [0.3, 0.4) is 0 Å². The minimum absolute atomic E-state index is 0.250. The van der Waals surface area contributed by atoms with Gasteiger partial charge in [-0.25, -0.2) is 4.98 Å². The van der Waals surface area contributed by atoms with Gasteiger partial charge in [-0.1, -0.05) is 31.0 Å². The normalized spacial score (nSPS) is 22.4. The van der Waals surface area contributed by atoms with Gasteiger partial charge in [0, 0.05) is 18.0 Å². The number of fused-ring (bicyclic) bond motifs is 1. The van der Waals surface area contributed by atoms with Gasteiger partial charge in [-0.2, -0.15) is 5.10 Å². The Morgan fingerprint density at radius 1 is 1.11 bits per heavy atom. The van der Waals surface area contributed by atoms with Crippen molar-refractivity contribution < 1.29 is 0 Å². The third-order valence-corrected chi connectivity index (χ3v) is 4.34. The molecule has 4 heteroatoms. The van der Waals surface area contributed by atoms with E-state index < -0.39 is 0 Å². The molecule has 1 fully saturated rings. The van der Waals surface area contributed by atoms with E-state index in [1.54, 1.807) is 0 Å². The Morgan fingerprint density at radius 3 is 2.79 bits per heavy atom. The minimum atomic E-state index is 0.250. The van der Waals surface area contributed by atoms with Gasteiger partial charge in [0.2, 0.25) is 0 Å². The molecular weight excluding hydrogens is 236 g/mol. The second-order valence-electron chi connectivity index (χ2n) is 5.62. The van der Waals surface area contributed by atoms with Gasteiger partial charge in [0.15, 0.2) is 5.82 Å². The van der Waals surface area contributed by atoms with Crippen LogP contribution in [0, 0.1) is 0 Å². The molecule has 0 saturated heterocycles.